The zero-order valence-electron chi connectivity index (χ0n) is 9.57. The number of benzene rings is 1. The highest BCUT2D eigenvalue weighted by molar-refractivity contribution is 5.52. The Bertz CT molecular complexity index is 432. The van der Waals surface area contributed by atoms with Gasteiger partial charge in [0.1, 0.15) is 5.82 Å². The molecule has 0 spiro atoms. The molecule has 2 rings (SSSR count). The van der Waals surface area contributed by atoms with E-state index in [0.717, 1.165) is 11.6 Å². The Labute approximate surface area is 95.3 Å². The summed E-state index contributed by atoms with van der Waals surface area (Å²) in [5.41, 5.74) is 1.17. The van der Waals surface area contributed by atoms with Crippen LogP contribution in [0.25, 0.3) is 0 Å². The Balaban J connectivity index is 2.25. The predicted octanol–water partition coefficient (Wildman–Crippen LogP) is 2.93. The van der Waals surface area contributed by atoms with Crippen LogP contribution in [0, 0.1) is 23.1 Å². The molecule has 0 radical (unpaired) electrons. The third kappa shape index (κ3) is 2.16. The van der Waals surface area contributed by atoms with Crippen molar-refractivity contribution in [3.8, 4) is 6.07 Å². The van der Waals surface area contributed by atoms with Gasteiger partial charge < -0.3 is 4.90 Å². The highest BCUT2D eigenvalue weighted by atomic mass is 19.1. The first-order chi connectivity index (χ1) is 7.61. The third-order valence-corrected chi connectivity index (χ3v) is 3.33. The predicted molar refractivity (Wildman–Crippen MR) is 61.7 cm³/mol. The van der Waals surface area contributed by atoms with Gasteiger partial charge in [-0.2, -0.15) is 5.26 Å². The minimum atomic E-state index is -0.344. The Kier molecular flexibility index (Phi) is 2.82. The van der Waals surface area contributed by atoms with Crippen LogP contribution in [0.1, 0.15) is 25.3 Å². The Morgan fingerprint density at radius 2 is 2.12 bits per heavy atom. The molecule has 1 aliphatic rings. The van der Waals surface area contributed by atoms with Crippen molar-refractivity contribution in [2.45, 2.75) is 25.8 Å². The summed E-state index contributed by atoms with van der Waals surface area (Å²) in [6.45, 7) is 2.15. The van der Waals surface area contributed by atoms with Gasteiger partial charge in [0, 0.05) is 18.8 Å². The SMILES string of the molecule is CC(C1CC1)N(C)c1cc(F)cc(C#N)c1. The van der Waals surface area contributed by atoms with Crippen molar-refractivity contribution >= 4 is 5.69 Å². The van der Waals surface area contributed by atoms with E-state index in [2.05, 4.69) is 11.8 Å². The van der Waals surface area contributed by atoms with E-state index in [-0.39, 0.29) is 5.82 Å². The highest BCUT2D eigenvalue weighted by Gasteiger charge is 2.30. The molecule has 0 saturated heterocycles. The van der Waals surface area contributed by atoms with Crippen molar-refractivity contribution in [3.05, 3.63) is 29.6 Å². The molecule has 1 atom stereocenters. The normalized spacial score (nSPS) is 16.6. The summed E-state index contributed by atoms with van der Waals surface area (Å²) >= 11 is 0. The fourth-order valence-electron chi connectivity index (χ4n) is 1.97. The number of anilines is 1. The molecule has 16 heavy (non-hydrogen) atoms. The molecular weight excluding hydrogens is 203 g/mol. The van der Waals surface area contributed by atoms with Gasteiger partial charge >= 0.3 is 0 Å². The molecule has 3 heteroatoms. The summed E-state index contributed by atoms with van der Waals surface area (Å²) in [7, 11) is 1.96. The van der Waals surface area contributed by atoms with Crippen LogP contribution in [0.3, 0.4) is 0 Å². The second-order valence-electron chi connectivity index (χ2n) is 4.50. The quantitative estimate of drug-likeness (QED) is 0.780. The summed E-state index contributed by atoms with van der Waals surface area (Å²) in [6.07, 6.45) is 2.51. The van der Waals surface area contributed by atoms with Gasteiger partial charge in [-0.05, 0) is 43.9 Å². The average Bonchev–Trinajstić information content (AvgIpc) is 3.10. The smallest absolute Gasteiger partial charge is 0.126 e. The zero-order valence-corrected chi connectivity index (χ0v) is 9.57. The van der Waals surface area contributed by atoms with Gasteiger partial charge in [0.05, 0.1) is 11.6 Å². The lowest BCUT2D eigenvalue weighted by molar-refractivity contribution is 0.600. The molecule has 1 aromatic carbocycles. The molecule has 0 amide bonds. The van der Waals surface area contributed by atoms with E-state index in [1.807, 2.05) is 13.1 Å². The molecule has 0 bridgehead atoms. The molecule has 0 aromatic heterocycles. The first-order valence-electron chi connectivity index (χ1n) is 5.55. The molecule has 1 aliphatic carbocycles. The molecule has 0 heterocycles. The number of halogens is 1. The Morgan fingerprint density at radius 1 is 1.44 bits per heavy atom. The zero-order chi connectivity index (χ0) is 11.7. The maximum Gasteiger partial charge on any atom is 0.126 e. The van der Waals surface area contributed by atoms with Gasteiger partial charge in [0.15, 0.2) is 0 Å². The van der Waals surface area contributed by atoms with Crippen molar-refractivity contribution in [1.29, 1.82) is 5.26 Å². The van der Waals surface area contributed by atoms with E-state index < -0.39 is 0 Å². The molecule has 1 fully saturated rings. The third-order valence-electron chi connectivity index (χ3n) is 3.33. The Morgan fingerprint density at radius 3 is 2.69 bits per heavy atom. The monoisotopic (exact) mass is 218 g/mol. The number of rotatable bonds is 3. The lowest BCUT2D eigenvalue weighted by atomic mass is 10.1. The molecular formula is C13H15FN2. The van der Waals surface area contributed by atoms with Crippen LogP contribution in [0.5, 0.6) is 0 Å². The van der Waals surface area contributed by atoms with Gasteiger partial charge in [-0.15, -0.1) is 0 Å². The topological polar surface area (TPSA) is 27.0 Å². The van der Waals surface area contributed by atoms with Crippen LogP contribution in [0.15, 0.2) is 18.2 Å². The van der Waals surface area contributed by atoms with Crippen LogP contribution in [0.2, 0.25) is 0 Å². The van der Waals surface area contributed by atoms with Crippen LogP contribution in [-0.2, 0) is 0 Å². The van der Waals surface area contributed by atoms with Gasteiger partial charge in [-0.1, -0.05) is 0 Å². The molecule has 1 unspecified atom stereocenters. The minimum absolute atomic E-state index is 0.344. The average molecular weight is 218 g/mol. The van der Waals surface area contributed by atoms with Gasteiger partial charge in [0.25, 0.3) is 0 Å². The van der Waals surface area contributed by atoms with Crippen molar-refractivity contribution in [2.24, 2.45) is 5.92 Å². The van der Waals surface area contributed by atoms with Gasteiger partial charge in [0.2, 0.25) is 0 Å². The molecule has 1 saturated carbocycles. The number of hydrogen-bond donors (Lipinski definition) is 0. The standard InChI is InChI=1S/C13H15FN2/c1-9(11-3-4-11)16(2)13-6-10(8-15)5-12(14)7-13/h5-7,9,11H,3-4H2,1-2H3. The summed E-state index contributed by atoms with van der Waals surface area (Å²) in [6, 6.07) is 6.88. The van der Waals surface area contributed by atoms with E-state index in [1.165, 1.54) is 25.0 Å². The fraction of sp³-hybridized carbons (Fsp3) is 0.462. The van der Waals surface area contributed by atoms with Gasteiger partial charge in [-0.3, -0.25) is 0 Å². The minimum Gasteiger partial charge on any atom is -0.371 e. The lowest BCUT2D eigenvalue weighted by Crippen LogP contribution is -2.30. The van der Waals surface area contributed by atoms with E-state index in [9.17, 15) is 4.39 Å². The van der Waals surface area contributed by atoms with Crippen LogP contribution in [0.4, 0.5) is 10.1 Å². The second-order valence-corrected chi connectivity index (χ2v) is 4.50. The maximum atomic E-state index is 13.3. The van der Waals surface area contributed by atoms with Crippen LogP contribution >= 0.6 is 0 Å². The van der Waals surface area contributed by atoms with Crippen molar-refractivity contribution < 1.29 is 4.39 Å². The molecule has 2 nitrogen and oxygen atoms in total. The van der Waals surface area contributed by atoms with E-state index in [1.54, 1.807) is 6.07 Å². The van der Waals surface area contributed by atoms with Crippen LogP contribution in [-0.4, -0.2) is 13.1 Å². The maximum absolute atomic E-state index is 13.3. The van der Waals surface area contributed by atoms with Crippen molar-refractivity contribution in [2.75, 3.05) is 11.9 Å². The van der Waals surface area contributed by atoms with E-state index >= 15 is 0 Å². The summed E-state index contributed by atoms with van der Waals surface area (Å²) in [5, 5.41) is 8.79. The lowest BCUT2D eigenvalue weighted by Gasteiger charge is -2.27. The summed E-state index contributed by atoms with van der Waals surface area (Å²) in [5.74, 6) is 0.378. The number of nitrogens with zero attached hydrogens (tertiary/aromatic N) is 2. The van der Waals surface area contributed by atoms with E-state index in [0.29, 0.717) is 11.6 Å². The summed E-state index contributed by atoms with van der Waals surface area (Å²) < 4.78 is 13.3. The number of nitriles is 1. The second kappa shape index (κ2) is 4.13. The molecule has 0 aliphatic heterocycles. The highest BCUT2D eigenvalue weighted by Crippen LogP contribution is 2.36. The van der Waals surface area contributed by atoms with Gasteiger partial charge in [-0.25, -0.2) is 4.39 Å². The molecule has 84 valence electrons. The van der Waals surface area contributed by atoms with Crippen LogP contribution < -0.4 is 4.90 Å². The largest absolute Gasteiger partial charge is 0.371 e. The summed E-state index contributed by atoms with van der Waals surface area (Å²) in [4.78, 5) is 2.06. The number of hydrogen-bond acceptors (Lipinski definition) is 2. The Hall–Kier alpha value is -1.56. The first kappa shape index (κ1) is 10.9. The van der Waals surface area contributed by atoms with Crippen molar-refractivity contribution in [1.82, 2.24) is 0 Å². The molecule has 1 aromatic rings. The van der Waals surface area contributed by atoms with E-state index in [4.69, 9.17) is 5.26 Å². The fourth-order valence-corrected chi connectivity index (χ4v) is 1.97. The van der Waals surface area contributed by atoms with Crippen molar-refractivity contribution in [3.63, 3.8) is 0 Å². The first-order valence-corrected chi connectivity index (χ1v) is 5.55. The molecule has 0 N–H and O–H groups in total.